The van der Waals surface area contributed by atoms with Crippen molar-refractivity contribution >= 4 is 11.6 Å². The Kier molecular flexibility index (Phi) is 5.10. The lowest BCUT2D eigenvalue weighted by atomic mass is 9.97. The van der Waals surface area contributed by atoms with Gasteiger partial charge in [-0.3, -0.25) is 0 Å². The second-order valence-corrected chi connectivity index (χ2v) is 4.72. The predicted molar refractivity (Wildman–Crippen MR) is 69.0 cm³/mol. The molecule has 0 unspecified atom stereocenters. The van der Waals surface area contributed by atoms with Gasteiger partial charge in [-0.25, -0.2) is 0 Å². The van der Waals surface area contributed by atoms with Crippen molar-refractivity contribution in [3.8, 4) is 5.75 Å². The maximum atomic E-state index is 6.13. The molecule has 1 aromatic rings. The minimum absolute atomic E-state index is 0.0257. The molecule has 0 aliphatic heterocycles. The summed E-state index contributed by atoms with van der Waals surface area (Å²) in [7, 11) is 0. The summed E-state index contributed by atoms with van der Waals surface area (Å²) in [5.74, 6) is 1.14. The second kappa shape index (κ2) is 6.12. The summed E-state index contributed by atoms with van der Waals surface area (Å²) >= 11 is 6.13. The van der Waals surface area contributed by atoms with Crippen LogP contribution in [0.1, 0.15) is 38.8 Å². The number of rotatable bonds is 5. The van der Waals surface area contributed by atoms with Crippen LogP contribution in [0.15, 0.2) is 18.2 Å². The number of hydrogen-bond acceptors (Lipinski definition) is 2. The van der Waals surface area contributed by atoms with Gasteiger partial charge in [0.05, 0.1) is 11.6 Å². The van der Waals surface area contributed by atoms with Gasteiger partial charge < -0.3 is 10.5 Å². The summed E-state index contributed by atoms with van der Waals surface area (Å²) in [6.45, 7) is 6.95. The summed E-state index contributed by atoms with van der Waals surface area (Å²) in [5, 5.41) is 0.641. The van der Waals surface area contributed by atoms with Gasteiger partial charge in [0.15, 0.2) is 0 Å². The van der Waals surface area contributed by atoms with Gasteiger partial charge in [0, 0.05) is 6.04 Å². The highest BCUT2D eigenvalue weighted by Crippen LogP contribution is 2.29. The number of benzene rings is 1. The van der Waals surface area contributed by atoms with Crippen molar-refractivity contribution < 1.29 is 4.74 Å². The summed E-state index contributed by atoms with van der Waals surface area (Å²) in [6, 6.07) is 5.81. The fourth-order valence-electron chi connectivity index (χ4n) is 1.44. The van der Waals surface area contributed by atoms with E-state index in [1.807, 2.05) is 18.2 Å². The Hall–Kier alpha value is -0.730. The fraction of sp³-hybridized carbons (Fsp3) is 0.538. The summed E-state index contributed by atoms with van der Waals surface area (Å²) in [5.41, 5.74) is 7.12. The first-order valence-corrected chi connectivity index (χ1v) is 6.11. The molecule has 0 bridgehead atoms. The molecule has 90 valence electrons. The third kappa shape index (κ3) is 3.39. The predicted octanol–water partition coefficient (Wildman–Crippen LogP) is 3.78. The van der Waals surface area contributed by atoms with Crippen LogP contribution < -0.4 is 10.5 Å². The van der Waals surface area contributed by atoms with Gasteiger partial charge in [0.25, 0.3) is 0 Å². The van der Waals surface area contributed by atoms with Crippen molar-refractivity contribution in [1.29, 1.82) is 0 Å². The van der Waals surface area contributed by atoms with Gasteiger partial charge in [-0.15, -0.1) is 0 Å². The minimum Gasteiger partial charge on any atom is -0.492 e. The van der Waals surface area contributed by atoms with Crippen molar-refractivity contribution in [3.05, 3.63) is 28.8 Å². The summed E-state index contributed by atoms with van der Waals surface area (Å²) in [6.07, 6.45) is 0.976. The minimum atomic E-state index is 0.0257. The Morgan fingerprint density at radius 3 is 2.56 bits per heavy atom. The van der Waals surface area contributed by atoms with Crippen molar-refractivity contribution in [2.75, 3.05) is 6.61 Å². The lowest BCUT2D eigenvalue weighted by Gasteiger charge is -2.17. The van der Waals surface area contributed by atoms with Crippen LogP contribution >= 0.6 is 11.6 Å². The molecule has 0 heterocycles. The van der Waals surface area contributed by atoms with E-state index in [-0.39, 0.29) is 6.04 Å². The molecule has 2 N–H and O–H groups in total. The lowest BCUT2D eigenvalue weighted by Crippen LogP contribution is -2.16. The topological polar surface area (TPSA) is 35.2 Å². The first-order valence-electron chi connectivity index (χ1n) is 5.74. The molecule has 0 aliphatic carbocycles. The van der Waals surface area contributed by atoms with E-state index >= 15 is 0 Å². The Morgan fingerprint density at radius 2 is 2.06 bits per heavy atom. The van der Waals surface area contributed by atoms with E-state index in [0.29, 0.717) is 17.5 Å². The number of halogens is 1. The quantitative estimate of drug-likeness (QED) is 0.852. The maximum Gasteiger partial charge on any atom is 0.137 e. The molecular formula is C13H20ClNO. The normalized spacial score (nSPS) is 12.9. The van der Waals surface area contributed by atoms with Crippen LogP contribution in [0, 0.1) is 5.92 Å². The zero-order valence-corrected chi connectivity index (χ0v) is 10.9. The van der Waals surface area contributed by atoms with Gasteiger partial charge in [-0.1, -0.05) is 38.4 Å². The van der Waals surface area contributed by atoms with Crippen molar-refractivity contribution in [3.63, 3.8) is 0 Å². The molecule has 3 heteroatoms. The third-order valence-electron chi connectivity index (χ3n) is 2.52. The monoisotopic (exact) mass is 241 g/mol. The van der Waals surface area contributed by atoms with Gasteiger partial charge in [-0.05, 0) is 30.0 Å². The lowest BCUT2D eigenvalue weighted by molar-refractivity contribution is 0.317. The van der Waals surface area contributed by atoms with Gasteiger partial charge in [-0.2, -0.15) is 0 Å². The molecule has 0 aromatic heterocycles. The molecule has 0 amide bonds. The molecule has 1 atom stereocenters. The highest BCUT2D eigenvalue weighted by Gasteiger charge is 2.12. The standard InChI is InChI=1S/C13H20ClNO/c1-4-7-16-12-6-5-10(8-11(12)14)13(15)9(2)3/h5-6,8-9,13H,4,7,15H2,1-3H3/t13-/m1/s1. The van der Waals surface area contributed by atoms with Crippen molar-refractivity contribution in [2.45, 2.75) is 33.2 Å². The Balaban J connectivity index is 2.82. The van der Waals surface area contributed by atoms with E-state index in [1.54, 1.807) is 0 Å². The van der Waals surface area contributed by atoms with E-state index < -0.39 is 0 Å². The summed E-state index contributed by atoms with van der Waals surface area (Å²) in [4.78, 5) is 0. The second-order valence-electron chi connectivity index (χ2n) is 4.31. The molecule has 0 saturated carbocycles. The number of nitrogens with two attached hydrogens (primary N) is 1. The van der Waals surface area contributed by atoms with E-state index in [2.05, 4.69) is 20.8 Å². The van der Waals surface area contributed by atoms with Crippen LogP contribution in [-0.4, -0.2) is 6.61 Å². The third-order valence-corrected chi connectivity index (χ3v) is 2.82. The van der Waals surface area contributed by atoms with Crippen LogP contribution in [0.3, 0.4) is 0 Å². The molecule has 2 nitrogen and oxygen atoms in total. The highest BCUT2D eigenvalue weighted by molar-refractivity contribution is 6.32. The van der Waals surface area contributed by atoms with E-state index in [4.69, 9.17) is 22.1 Å². The SMILES string of the molecule is CCCOc1ccc([C@H](N)C(C)C)cc1Cl. The Labute approximate surface area is 103 Å². The molecule has 0 saturated heterocycles. The van der Waals surface area contributed by atoms with Gasteiger partial charge in [0.2, 0.25) is 0 Å². The average molecular weight is 242 g/mol. The molecule has 0 aliphatic rings. The zero-order chi connectivity index (χ0) is 12.1. The van der Waals surface area contributed by atoms with E-state index in [9.17, 15) is 0 Å². The van der Waals surface area contributed by atoms with Gasteiger partial charge >= 0.3 is 0 Å². The molecule has 16 heavy (non-hydrogen) atoms. The van der Waals surface area contributed by atoms with Crippen LogP contribution in [0.25, 0.3) is 0 Å². The number of hydrogen-bond donors (Lipinski definition) is 1. The first-order chi connectivity index (χ1) is 7.56. The van der Waals surface area contributed by atoms with Crippen molar-refractivity contribution in [1.82, 2.24) is 0 Å². The number of ether oxygens (including phenoxy) is 1. The highest BCUT2D eigenvalue weighted by atomic mass is 35.5. The molecular weight excluding hydrogens is 222 g/mol. The van der Waals surface area contributed by atoms with E-state index in [0.717, 1.165) is 17.7 Å². The maximum absolute atomic E-state index is 6.13. The first kappa shape index (κ1) is 13.3. The smallest absolute Gasteiger partial charge is 0.137 e. The molecule has 0 radical (unpaired) electrons. The molecule has 1 aromatic carbocycles. The van der Waals surface area contributed by atoms with Crippen LogP contribution in [-0.2, 0) is 0 Å². The van der Waals surface area contributed by atoms with Crippen molar-refractivity contribution in [2.24, 2.45) is 11.7 Å². The molecule has 1 rings (SSSR count). The molecule has 0 fully saturated rings. The van der Waals surface area contributed by atoms with Gasteiger partial charge in [0.1, 0.15) is 5.75 Å². The summed E-state index contributed by atoms with van der Waals surface area (Å²) < 4.78 is 5.51. The Bertz CT molecular complexity index is 339. The largest absolute Gasteiger partial charge is 0.492 e. The fourth-order valence-corrected chi connectivity index (χ4v) is 1.68. The Morgan fingerprint density at radius 1 is 1.38 bits per heavy atom. The van der Waals surface area contributed by atoms with Crippen LogP contribution in [0.4, 0.5) is 0 Å². The zero-order valence-electron chi connectivity index (χ0n) is 10.2. The molecule has 0 spiro atoms. The van der Waals surface area contributed by atoms with Crippen LogP contribution in [0.5, 0.6) is 5.75 Å². The average Bonchev–Trinajstić information content (AvgIpc) is 2.26. The van der Waals surface area contributed by atoms with Crippen LogP contribution in [0.2, 0.25) is 5.02 Å². The van der Waals surface area contributed by atoms with E-state index in [1.165, 1.54) is 0 Å².